The van der Waals surface area contributed by atoms with Gasteiger partial charge in [0, 0.05) is 0 Å². The van der Waals surface area contributed by atoms with Crippen molar-refractivity contribution >= 4 is 27.9 Å². The second-order valence-electron chi connectivity index (χ2n) is 4.99. The Kier molecular flexibility index (Phi) is 7.19. The van der Waals surface area contributed by atoms with Crippen molar-refractivity contribution in [2.45, 2.75) is 30.9 Å². The SMILES string of the molecule is O=C(CCC(=O)Oc1ccc(F)cc1Br)OCC(F)(F)C(F)(F)C(F)(F)F. The quantitative estimate of drug-likeness (QED) is 0.329. The Hall–Kier alpha value is -1.92. The molecule has 1 rings (SSSR count). The largest absolute Gasteiger partial charge is 0.460 e. The molecule has 0 aliphatic heterocycles. The van der Waals surface area contributed by atoms with Crippen LogP contribution >= 0.6 is 15.9 Å². The number of carbonyl (C=O) groups is 2. The Balaban J connectivity index is 2.52. The highest BCUT2D eigenvalue weighted by molar-refractivity contribution is 9.10. The van der Waals surface area contributed by atoms with Crippen LogP contribution < -0.4 is 4.74 Å². The molecule has 0 fully saturated rings. The summed E-state index contributed by atoms with van der Waals surface area (Å²) >= 11 is 2.88. The molecular weight excluding hydrogens is 464 g/mol. The van der Waals surface area contributed by atoms with Crippen LogP contribution in [0.1, 0.15) is 12.8 Å². The van der Waals surface area contributed by atoms with E-state index < -0.39 is 55.2 Å². The number of hydrogen-bond acceptors (Lipinski definition) is 4. The van der Waals surface area contributed by atoms with Crippen molar-refractivity contribution in [1.82, 2.24) is 0 Å². The van der Waals surface area contributed by atoms with E-state index in [-0.39, 0.29) is 10.2 Å². The fourth-order valence-corrected chi connectivity index (χ4v) is 1.91. The predicted molar refractivity (Wildman–Crippen MR) is 75.9 cm³/mol. The summed E-state index contributed by atoms with van der Waals surface area (Å²) in [6.45, 7) is -2.53. The van der Waals surface area contributed by atoms with Crippen molar-refractivity contribution in [3.05, 3.63) is 28.5 Å². The molecule has 4 nitrogen and oxygen atoms in total. The van der Waals surface area contributed by atoms with Gasteiger partial charge in [-0.1, -0.05) is 0 Å². The lowest BCUT2D eigenvalue weighted by Crippen LogP contribution is -2.54. The predicted octanol–water partition coefficient (Wildman–Crippen LogP) is 4.65. The molecule has 0 aliphatic rings. The Labute approximate surface area is 154 Å². The molecule has 1 aromatic rings. The summed E-state index contributed by atoms with van der Waals surface area (Å²) in [5, 5.41) is 0. The second kappa shape index (κ2) is 8.40. The Morgan fingerprint density at radius 3 is 2.04 bits per heavy atom. The van der Waals surface area contributed by atoms with Gasteiger partial charge in [-0.3, -0.25) is 9.59 Å². The van der Waals surface area contributed by atoms with Gasteiger partial charge in [0.15, 0.2) is 6.61 Å². The number of ether oxygens (including phenoxy) is 2. The number of halogens is 9. The third kappa shape index (κ3) is 6.04. The van der Waals surface area contributed by atoms with Crippen LogP contribution in [0.3, 0.4) is 0 Å². The molecule has 0 N–H and O–H groups in total. The zero-order valence-corrected chi connectivity index (χ0v) is 14.5. The van der Waals surface area contributed by atoms with E-state index in [1.54, 1.807) is 0 Å². The minimum absolute atomic E-state index is 0.0486. The first-order valence-electron chi connectivity index (χ1n) is 6.81. The van der Waals surface area contributed by atoms with Gasteiger partial charge in [-0.15, -0.1) is 0 Å². The molecule has 0 saturated heterocycles. The maximum atomic E-state index is 12.9. The summed E-state index contributed by atoms with van der Waals surface area (Å²) in [4.78, 5) is 22.7. The van der Waals surface area contributed by atoms with Gasteiger partial charge in [-0.05, 0) is 34.1 Å². The third-order valence-electron chi connectivity index (χ3n) is 2.88. The molecule has 0 spiro atoms. The van der Waals surface area contributed by atoms with Gasteiger partial charge in [0.1, 0.15) is 11.6 Å². The van der Waals surface area contributed by atoms with E-state index in [1.807, 2.05) is 0 Å². The molecule has 0 atom stereocenters. The monoisotopic (exact) mass is 472 g/mol. The van der Waals surface area contributed by atoms with Crippen molar-refractivity contribution in [2.75, 3.05) is 6.61 Å². The molecule has 0 saturated carbocycles. The first-order chi connectivity index (χ1) is 12.2. The molecule has 0 aliphatic carbocycles. The molecule has 1 aromatic carbocycles. The number of hydrogen-bond donors (Lipinski definition) is 0. The van der Waals surface area contributed by atoms with E-state index in [9.17, 15) is 44.7 Å². The van der Waals surface area contributed by atoms with E-state index >= 15 is 0 Å². The number of benzene rings is 1. The van der Waals surface area contributed by atoms with Crippen molar-refractivity contribution in [3.63, 3.8) is 0 Å². The topological polar surface area (TPSA) is 52.6 Å². The normalized spacial score (nSPS) is 12.6. The average molecular weight is 473 g/mol. The molecule has 0 bridgehead atoms. The van der Waals surface area contributed by atoms with Crippen LogP contribution in [-0.4, -0.2) is 36.6 Å². The fourth-order valence-electron chi connectivity index (χ4n) is 1.48. The molecular formula is C14H9BrF8O4. The molecule has 0 amide bonds. The average Bonchev–Trinajstić information content (AvgIpc) is 2.52. The van der Waals surface area contributed by atoms with Gasteiger partial charge >= 0.3 is 30.0 Å². The summed E-state index contributed by atoms with van der Waals surface area (Å²) in [6, 6.07) is 2.97. The van der Waals surface area contributed by atoms with E-state index in [1.165, 1.54) is 0 Å². The van der Waals surface area contributed by atoms with Crippen LogP contribution in [0.2, 0.25) is 0 Å². The summed E-state index contributed by atoms with van der Waals surface area (Å²) in [7, 11) is 0. The van der Waals surface area contributed by atoms with Crippen molar-refractivity contribution in [2.24, 2.45) is 0 Å². The highest BCUT2D eigenvalue weighted by Gasteiger charge is 2.73. The zero-order valence-electron chi connectivity index (χ0n) is 12.9. The number of rotatable bonds is 7. The minimum atomic E-state index is -6.55. The summed E-state index contributed by atoms with van der Waals surface area (Å²) in [5.74, 6) is -15.6. The van der Waals surface area contributed by atoms with Gasteiger partial charge in [0.25, 0.3) is 0 Å². The zero-order chi connectivity index (χ0) is 21.0. The summed E-state index contributed by atoms with van der Waals surface area (Å²) in [5.41, 5.74) is 0. The van der Waals surface area contributed by atoms with E-state index in [2.05, 4.69) is 20.7 Å². The van der Waals surface area contributed by atoms with Gasteiger partial charge < -0.3 is 9.47 Å². The molecule has 0 unspecified atom stereocenters. The Bertz CT molecular complexity index is 705. The van der Waals surface area contributed by atoms with Crippen LogP contribution in [0.5, 0.6) is 5.75 Å². The van der Waals surface area contributed by atoms with Gasteiger partial charge in [-0.25, -0.2) is 4.39 Å². The van der Waals surface area contributed by atoms with Gasteiger partial charge in [0.05, 0.1) is 17.3 Å². The molecule has 13 heteroatoms. The number of esters is 2. The highest BCUT2D eigenvalue weighted by atomic mass is 79.9. The molecule has 152 valence electrons. The fraction of sp³-hybridized carbons (Fsp3) is 0.429. The Morgan fingerprint density at radius 1 is 0.963 bits per heavy atom. The summed E-state index contributed by atoms with van der Waals surface area (Å²) in [6.07, 6.45) is -8.23. The van der Waals surface area contributed by atoms with Gasteiger partial charge in [0.2, 0.25) is 0 Å². The van der Waals surface area contributed by atoms with Gasteiger partial charge in [-0.2, -0.15) is 30.7 Å². The van der Waals surface area contributed by atoms with Crippen LogP contribution in [0.4, 0.5) is 35.1 Å². The van der Waals surface area contributed by atoms with E-state index in [0.717, 1.165) is 18.2 Å². The summed E-state index contributed by atoms with van der Waals surface area (Å²) < 4.78 is 108. The number of alkyl halides is 7. The van der Waals surface area contributed by atoms with Crippen molar-refractivity contribution < 1.29 is 54.2 Å². The minimum Gasteiger partial charge on any atom is -0.459 e. The smallest absolute Gasteiger partial charge is 0.459 e. The third-order valence-corrected chi connectivity index (χ3v) is 3.50. The van der Waals surface area contributed by atoms with Crippen LogP contribution in [0, 0.1) is 5.82 Å². The molecule has 0 heterocycles. The lowest BCUT2D eigenvalue weighted by molar-refractivity contribution is -0.359. The van der Waals surface area contributed by atoms with Crippen molar-refractivity contribution in [3.8, 4) is 5.75 Å². The number of carbonyl (C=O) groups excluding carboxylic acids is 2. The second-order valence-corrected chi connectivity index (χ2v) is 5.84. The van der Waals surface area contributed by atoms with Crippen LogP contribution in [0.25, 0.3) is 0 Å². The highest BCUT2D eigenvalue weighted by Crippen LogP contribution is 2.46. The molecule has 0 aromatic heterocycles. The molecule has 0 radical (unpaired) electrons. The standard InChI is InChI=1S/C14H9BrF8O4/c15-8-5-7(16)1-2-9(8)27-11(25)4-3-10(24)26-6-12(17,18)13(19,20)14(21,22)23/h1-2,5H,3-4,6H2. The first-order valence-corrected chi connectivity index (χ1v) is 7.60. The van der Waals surface area contributed by atoms with E-state index in [0.29, 0.717) is 0 Å². The Morgan fingerprint density at radius 2 is 1.52 bits per heavy atom. The van der Waals surface area contributed by atoms with Crippen molar-refractivity contribution in [1.29, 1.82) is 0 Å². The maximum absolute atomic E-state index is 12.9. The first kappa shape index (κ1) is 23.1. The molecule has 27 heavy (non-hydrogen) atoms. The maximum Gasteiger partial charge on any atom is 0.460 e. The van der Waals surface area contributed by atoms with Crippen LogP contribution in [-0.2, 0) is 14.3 Å². The lowest BCUT2D eigenvalue weighted by Gasteiger charge is -2.27. The van der Waals surface area contributed by atoms with E-state index in [4.69, 9.17) is 4.74 Å². The lowest BCUT2D eigenvalue weighted by atomic mass is 10.2. The van der Waals surface area contributed by atoms with Crippen LogP contribution in [0.15, 0.2) is 22.7 Å².